The van der Waals surface area contributed by atoms with Crippen LogP contribution in [0.2, 0.25) is 0 Å². The van der Waals surface area contributed by atoms with Gasteiger partial charge in [0.2, 0.25) is 0 Å². The van der Waals surface area contributed by atoms with Crippen LogP contribution in [-0.4, -0.2) is 56.9 Å². The summed E-state index contributed by atoms with van der Waals surface area (Å²) >= 11 is 0. The first kappa shape index (κ1) is 22.8. The Balaban J connectivity index is 1.41. The van der Waals surface area contributed by atoms with Crippen molar-refractivity contribution in [1.29, 1.82) is 0 Å². The van der Waals surface area contributed by atoms with Crippen molar-refractivity contribution in [1.82, 2.24) is 14.2 Å². The van der Waals surface area contributed by atoms with Crippen LogP contribution in [0.15, 0.2) is 46.1 Å². The number of nitrogens with zero attached hydrogens (tertiary/aromatic N) is 2. The predicted octanol–water partition coefficient (Wildman–Crippen LogP) is 2.09. The molecule has 0 bridgehead atoms. The van der Waals surface area contributed by atoms with Gasteiger partial charge >= 0.3 is 5.69 Å². The predicted molar refractivity (Wildman–Crippen MR) is 118 cm³/mol. The first-order valence-corrected chi connectivity index (χ1v) is 12.2. The summed E-state index contributed by atoms with van der Waals surface area (Å²) in [5, 5.41) is 9.86. The van der Waals surface area contributed by atoms with Crippen molar-refractivity contribution < 1.29 is 23.3 Å². The van der Waals surface area contributed by atoms with E-state index in [1.165, 1.54) is 13.1 Å². The van der Waals surface area contributed by atoms with Gasteiger partial charge in [-0.25, -0.2) is 13.9 Å². The molecule has 178 valence electrons. The molecular formula is C22H27FN3O6P. The zero-order valence-corrected chi connectivity index (χ0v) is 19.3. The van der Waals surface area contributed by atoms with Crippen LogP contribution in [0.25, 0.3) is 0 Å². The smallest absolute Gasteiger partial charge is 0.330 e. The quantitative estimate of drug-likeness (QED) is 0.633. The summed E-state index contributed by atoms with van der Waals surface area (Å²) in [7, 11) is -1.62. The lowest BCUT2D eigenvalue weighted by Crippen LogP contribution is -2.38. The fourth-order valence-corrected chi connectivity index (χ4v) is 7.10. The van der Waals surface area contributed by atoms with Crippen molar-refractivity contribution in [2.24, 2.45) is 0 Å². The van der Waals surface area contributed by atoms with Crippen LogP contribution in [0.4, 0.5) is 4.39 Å². The van der Waals surface area contributed by atoms with Gasteiger partial charge in [0.05, 0.1) is 12.6 Å². The zero-order valence-electron chi connectivity index (χ0n) is 18.4. The highest BCUT2D eigenvalue weighted by Crippen LogP contribution is 2.64. The van der Waals surface area contributed by atoms with E-state index in [-0.39, 0.29) is 11.6 Å². The second-order valence-electron chi connectivity index (χ2n) is 8.86. The second kappa shape index (κ2) is 8.69. The van der Waals surface area contributed by atoms with Gasteiger partial charge in [-0.3, -0.25) is 14.3 Å². The number of rotatable bonds is 5. The molecule has 3 saturated heterocycles. The minimum Gasteiger partial charge on any atom is -0.394 e. The maximum absolute atomic E-state index is 15.6. The highest BCUT2D eigenvalue weighted by molar-refractivity contribution is 7.45. The van der Waals surface area contributed by atoms with Gasteiger partial charge in [0.15, 0.2) is 12.4 Å². The van der Waals surface area contributed by atoms with Crippen LogP contribution in [0.3, 0.4) is 0 Å². The van der Waals surface area contributed by atoms with Gasteiger partial charge in [-0.1, -0.05) is 30.3 Å². The number of aliphatic hydroxyl groups excluding tert-OH is 1. The van der Waals surface area contributed by atoms with Gasteiger partial charge in [0, 0.05) is 18.3 Å². The summed E-state index contributed by atoms with van der Waals surface area (Å²) in [4.78, 5) is 26.1. The van der Waals surface area contributed by atoms with E-state index in [1.807, 2.05) is 37.3 Å². The molecule has 3 aliphatic rings. The van der Waals surface area contributed by atoms with Crippen LogP contribution in [0, 0.1) is 6.92 Å². The van der Waals surface area contributed by atoms with Gasteiger partial charge in [0.1, 0.15) is 17.8 Å². The van der Waals surface area contributed by atoms with Crippen molar-refractivity contribution in [2.45, 2.75) is 62.9 Å². The Hall–Kier alpha value is -1.94. The largest absolute Gasteiger partial charge is 0.394 e. The molecule has 7 atom stereocenters. The molecule has 4 heterocycles. The standard InChI is InChI=1S/C22H27FN3O6P/c1-13-11-25(21(29)24-19(13)28)20-17(23)18(15(12-27)30-20)31-33-26-10-6-9-16(26)22(2,32-33)14-7-4-3-5-8-14/h3-5,7-8,11,15-18,20,27H,6,9-10,12H2,1-2H3,(H,24,28,29)/t15-,16+,17+,18?,20-,22-,33+/m1/s1. The number of hydrogen-bond donors (Lipinski definition) is 2. The number of alkyl halides is 1. The van der Waals surface area contributed by atoms with E-state index in [2.05, 4.69) is 9.65 Å². The number of aliphatic hydroxyl groups is 1. The number of hydrogen-bond acceptors (Lipinski definition) is 7. The lowest BCUT2D eigenvalue weighted by molar-refractivity contribution is -0.0477. The third-order valence-corrected chi connectivity index (χ3v) is 8.62. The van der Waals surface area contributed by atoms with E-state index in [0.29, 0.717) is 0 Å². The van der Waals surface area contributed by atoms with Crippen LogP contribution in [0.5, 0.6) is 0 Å². The van der Waals surface area contributed by atoms with Crippen LogP contribution in [-0.2, 0) is 19.4 Å². The zero-order chi connectivity index (χ0) is 23.3. The van der Waals surface area contributed by atoms with E-state index >= 15 is 4.39 Å². The van der Waals surface area contributed by atoms with E-state index in [4.69, 9.17) is 13.8 Å². The average molecular weight is 479 g/mol. The Bertz CT molecular complexity index is 1130. The Kier molecular flexibility index (Phi) is 6.01. The van der Waals surface area contributed by atoms with Crippen molar-refractivity contribution in [3.63, 3.8) is 0 Å². The summed E-state index contributed by atoms with van der Waals surface area (Å²) in [6.07, 6.45) is -2.02. The van der Waals surface area contributed by atoms with Crippen molar-refractivity contribution in [2.75, 3.05) is 13.2 Å². The molecule has 5 rings (SSSR count). The van der Waals surface area contributed by atoms with Gasteiger partial charge in [-0.05, 0) is 32.3 Å². The summed E-state index contributed by atoms with van der Waals surface area (Å²) in [5.41, 5.74) is -0.649. The monoisotopic (exact) mass is 479 g/mol. The maximum Gasteiger partial charge on any atom is 0.330 e. The number of halogens is 1. The Morgan fingerprint density at radius 1 is 1.33 bits per heavy atom. The molecule has 3 fully saturated rings. The fourth-order valence-electron chi connectivity index (χ4n) is 4.95. The number of nitrogens with one attached hydrogen (secondary N) is 1. The first-order chi connectivity index (χ1) is 15.8. The molecule has 0 radical (unpaired) electrons. The third-order valence-electron chi connectivity index (χ3n) is 6.76. The molecule has 0 spiro atoms. The molecule has 1 unspecified atom stereocenters. The molecule has 2 N–H and O–H groups in total. The highest BCUT2D eigenvalue weighted by Gasteiger charge is 2.57. The molecule has 0 aliphatic carbocycles. The molecule has 3 aliphatic heterocycles. The van der Waals surface area contributed by atoms with Crippen molar-refractivity contribution in [3.05, 3.63) is 68.5 Å². The summed E-state index contributed by atoms with van der Waals surface area (Å²) in [5.74, 6) is 0. The summed E-state index contributed by atoms with van der Waals surface area (Å²) in [6, 6.07) is 10.0. The van der Waals surface area contributed by atoms with E-state index in [1.54, 1.807) is 0 Å². The average Bonchev–Trinajstić information content (AvgIpc) is 3.48. The Morgan fingerprint density at radius 3 is 2.82 bits per heavy atom. The Morgan fingerprint density at radius 2 is 2.09 bits per heavy atom. The number of ether oxygens (including phenoxy) is 1. The number of H-pyrrole nitrogens is 1. The minimum atomic E-state index is -1.75. The van der Waals surface area contributed by atoms with E-state index in [0.717, 1.165) is 29.5 Å². The SMILES string of the molecule is Cc1cn([C@@H]2O[C@H](CO)C(O[P@@]3O[C@](C)(c4ccccc4)[C@@H]4CCCN43)[C@@H]2F)c(=O)[nH]c1=O. The Labute approximate surface area is 191 Å². The van der Waals surface area contributed by atoms with Gasteiger partial charge in [-0.15, -0.1) is 0 Å². The summed E-state index contributed by atoms with van der Waals surface area (Å²) in [6.45, 7) is 3.84. The van der Waals surface area contributed by atoms with Crippen LogP contribution < -0.4 is 11.2 Å². The topological polar surface area (TPSA) is 106 Å². The highest BCUT2D eigenvalue weighted by atomic mass is 31.2. The van der Waals surface area contributed by atoms with Crippen molar-refractivity contribution in [3.8, 4) is 0 Å². The number of aryl methyl sites for hydroxylation is 1. The maximum atomic E-state index is 15.6. The normalized spacial score (nSPS) is 36.4. The first-order valence-electron chi connectivity index (χ1n) is 11.0. The van der Waals surface area contributed by atoms with Gasteiger partial charge in [-0.2, -0.15) is 0 Å². The number of benzene rings is 1. The van der Waals surface area contributed by atoms with E-state index in [9.17, 15) is 14.7 Å². The summed E-state index contributed by atoms with van der Waals surface area (Å²) < 4.78 is 37.1. The van der Waals surface area contributed by atoms with Gasteiger partial charge < -0.3 is 18.9 Å². The minimum absolute atomic E-state index is 0.0965. The van der Waals surface area contributed by atoms with E-state index < -0.39 is 56.6 Å². The third kappa shape index (κ3) is 3.79. The van der Waals surface area contributed by atoms with Crippen LogP contribution >= 0.6 is 8.53 Å². The number of fused-ring (bicyclic) bond motifs is 1. The number of aromatic nitrogens is 2. The molecule has 33 heavy (non-hydrogen) atoms. The van der Waals surface area contributed by atoms with Crippen molar-refractivity contribution >= 4 is 8.53 Å². The molecule has 0 saturated carbocycles. The fraction of sp³-hybridized carbons (Fsp3) is 0.545. The molecular weight excluding hydrogens is 452 g/mol. The second-order valence-corrected chi connectivity index (χ2v) is 10.2. The van der Waals surface area contributed by atoms with Crippen LogP contribution in [0.1, 0.15) is 37.1 Å². The molecule has 11 heteroatoms. The lowest BCUT2D eigenvalue weighted by Gasteiger charge is -2.29. The number of aromatic amines is 1. The molecule has 9 nitrogen and oxygen atoms in total. The molecule has 2 aromatic rings. The molecule has 1 aromatic heterocycles. The lowest BCUT2D eigenvalue weighted by atomic mass is 9.87. The molecule has 0 amide bonds. The molecule has 1 aromatic carbocycles. The van der Waals surface area contributed by atoms with Gasteiger partial charge in [0.25, 0.3) is 14.1 Å².